The van der Waals surface area contributed by atoms with Crippen molar-refractivity contribution in [2.24, 2.45) is 0 Å². The Balaban J connectivity index is 1.59. The van der Waals surface area contributed by atoms with Crippen molar-refractivity contribution < 1.29 is 21.9 Å². The highest BCUT2D eigenvalue weighted by atomic mass is 32.2. The summed E-state index contributed by atoms with van der Waals surface area (Å²) in [5.41, 5.74) is 5.44. The van der Waals surface area contributed by atoms with E-state index in [1.54, 1.807) is 0 Å². The van der Waals surface area contributed by atoms with Crippen molar-refractivity contribution in [3.05, 3.63) is 48.0 Å². The van der Waals surface area contributed by atoms with Crippen LogP contribution in [0.2, 0.25) is 0 Å². The first-order valence-corrected chi connectivity index (χ1v) is 10.4. The summed E-state index contributed by atoms with van der Waals surface area (Å²) >= 11 is 0. The molecule has 2 heterocycles. The van der Waals surface area contributed by atoms with Crippen molar-refractivity contribution in [1.29, 1.82) is 0 Å². The molecule has 0 aliphatic carbocycles. The standard InChI is InChI=1S/C18H18F2N6O3S/c19-14-9-12(22-18-23-17(21)24-25-18)10-15(20)16(14)11-1-3-13(4-2-11)30(27,28)26-5-7-29-8-6-26/h1-4,9-10H,5-8H2,(H4,21,22,23,24,25). The summed E-state index contributed by atoms with van der Waals surface area (Å²) in [4.78, 5) is 3.85. The van der Waals surface area contributed by atoms with Crippen molar-refractivity contribution in [2.75, 3.05) is 37.4 Å². The van der Waals surface area contributed by atoms with Gasteiger partial charge in [-0.15, -0.1) is 5.10 Å². The first-order chi connectivity index (χ1) is 14.3. The van der Waals surface area contributed by atoms with Gasteiger partial charge in [-0.05, 0) is 29.8 Å². The van der Waals surface area contributed by atoms with Crippen molar-refractivity contribution in [2.45, 2.75) is 4.90 Å². The van der Waals surface area contributed by atoms with Crippen molar-refractivity contribution >= 4 is 27.6 Å². The predicted octanol–water partition coefficient (Wildman–Crippen LogP) is 2.10. The maximum absolute atomic E-state index is 14.6. The maximum atomic E-state index is 14.6. The summed E-state index contributed by atoms with van der Waals surface area (Å²) in [6.45, 7) is 1.18. The third-order valence-electron chi connectivity index (χ3n) is 4.56. The van der Waals surface area contributed by atoms with Gasteiger partial charge >= 0.3 is 0 Å². The van der Waals surface area contributed by atoms with E-state index in [2.05, 4.69) is 20.5 Å². The number of ether oxygens (including phenoxy) is 1. The Labute approximate surface area is 170 Å². The molecule has 0 unspecified atom stereocenters. The van der Waals surface area contributed by atoms with Gasteiger partial charge in [-0.3, -0.25) is 0 Å². The lowest BCUT2D eigenvalue weighted by atomic mass is 10.0. The fourth-order valence-electron chi connectivity index (χ4n) is 3.12. The number of nitrogens with one attached hydrogen (secondary N) is 2. The van der Waals surface area contributed by atoms with Crippen LogP contribution < -0.4 is 11.1 Å². The molecule has 4 rings (SSSR count). The minimum Gasteiger partial charge on any atom is -0.379 e. The first kappa shape index (κ1) is 20.2. The molecule has 0 saturated carbocycles. The Bertz CT molecular complexity index is 1140. The fourth-order valence-corrected chi connectivity index (χ4v) is 4.53. The molecule has 12 heteroatoms. The molecule has 1 saturated heterocycles. The van der Waals surface area contributed by atoms with Gasteiger partial charge in [-0.2, -0.15) is 9.29 Å². The maximum Gasteiger partial charge on any atom is 0.243 e. The fraction of sp³-hybridized carbons (Fsp3) is 0.222. The van der Waals surface area contributed by atoms with Crippen LogP contribution in [0.3, 0.4) is 0 Å². The zero-order chi connectivity index (χ0) is 21.3. The van der Waals surface area contributed by atoms with E-state index in [1.807, 2.05) is 0 Å². The molecule has 0 amide bonds. The average Bonchev–Trinajstić information content (AvgIpc) is 3.13. The van der Waals surface area contributed by atoms with Gasteiger partial charge in [-0.25, -0.2) is 22.3 Å². The Morgan fingerprint density at radius 2 is 1.73 bits per heavy atom. The van der Waals surface area contributed by atoms with Crippen molar-refractivity contribution in [1.82, 2.24) is 19.5 Å². The van der Waals surface area contributed by atoms with Gasteiger partial charge in [0.2, 0.25) is 21.9 Å². The molecule has 30 heavy (non-hydrogen) atoms. The Kier molecular flexibility index (Phi) is 5.37. The number of anilines is 3. The smallest absolute Gasteiger partial charge is 0.243 e. The summed E-state index contributed by atoms with van der Waals surface area (Å²) < 4.78 is 61.1. The van der Waals surface area contributed by atoms with E-state index in [0.717, 1.165) is 12.1 Å². The van der Waals surface area contributed by atoms with Crippen LogP contribution in [0.1, 0.15) is 0 Å². The number of rotatable bonds is 5. The number of nitrogen functional groups attached to an aromatic ring is 1. The first-order valence-electron chi connectivity index (χ1n) is 8.97. The number of nitrogens with zero attached hydrogens (tertiary/aromatic N) is 3. The monoisotopic (exact) mass is 436 g/mol. The summed E-state index contributed by atoms with van der Waals surface area (Å²) in [6.07, 6.45) is 0. The lowest BCUT2D eigenvalue weighted by molar-refractivity contribution is 0.0730. The van der Waals surface area contributed by atoms with Crippen LogP contribution in [0.25, 0.3) is 11.1 Å². The third kappa shape index (κ3) is 3.97. The minimum atomic E-state index is -3.69. The van der Waals surface area contributed by atoms with Gasteiger partial charge in [0.1, 0.15) is 11.6 Å². The van der Waals surface area contributed by atoms with E-state index >= 15 is 0 Å². The number of benzene rings is 2. The molecule has 1 aliphatic heterocycles. The zero-order valence-corrected chi connectivity index (χ0v) is 16.4. The molecule has 0 atom stereocenters. The molecule has 158 valence electrons. The molecule has 4 N–H and O–H groups in total. The van der Waals surface area contributed by atoms with E-state index in [1.165, 1.54) is 28.6 Å². The molecular formula is C18H18F2N6O3S. The predicted molar refractivity (Wildman–Crippen MR) is 105 cm³/mol. The molecule has 1 aromatic heterocycles. The van der Waals surface area contributed by atoms with Gasteiger partial charge in [0.25, 0.3) is 0 Å². The summed E-state index contributed by atoms with van der Waals surface area (Å²) in [7, 11) is -3.69. The van der Waals surface area contributed by atoms with Gasteiger partial charge in [0, 0.05) is 18.8 Å². The lowest BCUT2D eigenvalue weighted by Crippen LogP contribution is -2.40. The van der Waals surface area contributed by atoms with Crippen LogP contribution in [-0.4, -0.2) is 54.2 Å². The second kappa shape index (κ2) is 7.97. The average molecular weight is 436 g/mol. The SMILES string of the molecule is Nc1n[nH]c(Nc2cc(F)c(-c3ccc(S(=O)(=O)N4CCOCC4)cc3)c(F)c2)n1. The highest BCUT2D eigenvalue weighted by molar-refractivity contribution is 7.89. The number of halogens is 2. The Morgan fingerprint density at radius 1 is 1.10 bits per heavy atom. The number of aromatic amines is 1. The Hall–Kier alpha value is -3.09. The summed E-state index contributed by atoms with van der Waals surface area (Å²) in [5, 5.41) is 8.76. The summed E-state index contributed by atoms with van der Waals surface area (Å²) in [6, 6.07) is 7.61. The van der Waals surface area contributed by atoms with Gasteiger partial charge in [-0.1, -0.05) is 12.1 Å². The highest BCUT2D eigenvalue weighted by Gasteiger charge is 2.26. The molecular weight excluding hydrogens is 418 g/mol. The lowest BCUT2D eigenvalue weighted by Gasteiger charge is -2.26. The van der Waals surface area contributed by atoms with Crippen LogP contribution >= 0.6 is 0 Å². The van der Waals surface area contributed by atoms with Crippen LogP contribution in [0.15, 0.2) is 41.3 Å². The molecule has 3 aromatic rings. The number of aromatic nitrogens is 3. The van der Waals surface area contributed by atoms with E-state index in [9.17, 15) is 17.2 Å². The summed E-state index contributed by atoms with van der Waals surface area (Å²) in [5.74, 6) is -1.53. The largest absolute Gasteiger partial charge is 0.379 e. The van der Waals surface area contributed by atoms with Crippen LogP contribution in [0.4, 0.5) is 26.4 Å². The number of H-pyrrole nitrogens is 1. The van der Waals surface area contributed by atoms with Crippen LogP contribution in [0, 0.1) is 11.6 Å². The van der Waals surface area contributed by atoms with E-state index < -0.39 is 21.7 Å². The van der Waals surface area contributed by atoms with E-state index in [0.29, 0.717) is 13.2 Å². The van der Waals surface area contributed by atoms with E-state index in [-0.39, 0.29) is 46.7 Å². The molecule has 0 spiro atoms. The zero-order valence-electron chi connectivity index (χ0n) is 15.6. The normalized spacial score (nSPS) is 15.3. The highest BCUT2D eigenvalue weighted by Crippen LogP contribution is 2.31. The number of sulfonamides is 1. The molecule has 9 nitrogen and oxygen atoms in total. The topological polar surface area (TPSA) is 126 Å². The quantitative estimate of drug-likeness (QED) is 0.559. The van der Waals surface area contributed by atoms with Crippen molar-refractivity contribution in [3.8, 4) is 11.1 Å². The number of hydrogen-bond acceptors (Lipinski definition) is 7. The van der Waals surface area contributed by atoms with Gasteiger partial charge < -0.3 is 15.8 Å². The molecule has 2 aromatic carbocycles. The minimum absolute atomic E-state index is 0.0119. The van der Waals surface area contributed by atoms with Gasteiger partial charge in [0.15, 0.2) is 0 Å². The molecule has 0 bridgehead atoms. The van der Waals surface area contributed by atoms with Crippen LogP contribution in [0.5, 0.6) is 0 Å². The number of nitrogens with two attached hydrogens (primary N) is 1. The molecule has 1 aliphatic rings. The molecule has 1 fully saturated rings. The molecule has 0 radical (unpaired) electrons. The Morgan fingerprint density at radius 3 is 2.30 bits per heavy atom. The van der Waals surface area contributed by atoms with E-state index in [4.69, 9.17) is 10.5 Å². The number of morpholine rings is 1. The van der Waals surface area contributed by atoms with Gasteiger partial charge in [0.05, 0.1) is 23.7 Å². The van der Waals surface area contributed by atoms with Crippen LogP contribution in [-0.2, 0) is 14.8 Å². The second-order valence-corrected chi connectivity index (χ2v) is 8.46. The van der Waals surface area contributed by atoms with Crippen molar-refractivity contribution in [3.63, 3.8) is 0 Å². The third-order valence-corrected chi connectivity index (χ3v) is 6.47. The number of hydrogen-bond donors (Lipinski definition) is 3. The second-order valence-electron chi connectivity index (χ2n) is 6.52.